The highest BCUT2D eigenvalue weighted by molar-refractivity contribution is 5.74. The van der Waals surface area contributed by atoms with Crippen molar-refractivity contribution in [1.29, 1.82) is 0 Å². The van der Waals surface area contributed by atoms with Gasteiger partial charge in [0, 0.05) is 20.1 Å². The number of likely N-dealkylation sites (tertiary alicyclic amines) is 1. The fraction of sp³-hybridized carbons (Fsp3) is 0.909. The molecule has 1 fully saturated rings. The Morgan fingerprint density at radius 1 is 1.50 bits per heavy atom. The topological polar surface area (TPSA) is 32.3 Å². The summed E-state index contributed by atoms with van der Waals surface area (Å²) in [7, 11) is 1.69. The van der Waals surface area contributed by atoms with E-state index in [1.807, 2.05) is 4.90 Å². The first-order valence-corrected chi connectivity index (χ1v) is 5.56. The van der Waals surface area contributed by atoms with E-state index in [0.717, 1.165) is 30.8 Å². The maximum Gasteiger partial charge on any atom is 0.317 e. The van der Waals surface area contributed by atoms with Crippen molar-refractivity contribution in [1.82, 2.24) is 10.2 Å². The van der Waals surface area contributed by atoms with Gasteiger partial charge in [-0.25, -0.2) is 4.79 Å². The Balaban J connectivity index is 2.35. The van der Waals surface area contributed by atoms with Crippen LogP contribution in [0, 0.1) is 17.8 Å². The third-order valence-electron chi connectivity index (χ3n) is 3.34. The molecule has 3 nitrogen and oxygen atoms in total. The highest BCUT2D eigenvalue weighted by Crippen LogP contribution is 2.31. The average molecular weight is 198 g/mol. The van der Waals surface area contributed by atoms with Gasteiger partial charge in [-0.15, -0.1) is 0 Å². The van der Waals surface area contributed by atoms with Crippen molar-refractivity contribution in [2.75, 3.05) is 20.1 Å². The van der Waals surface area contributed by atoms with Crippen LogP contribution in [0.2, 0.25) is 0 Å². The molecule has 0 aromatic rings. The zero-order valence-electron chi connectivity index (χ0n) is 9.71. The molecule has 82 valence electrons. The Kier molecular flexibility index (Phi) is 3.78. The van der Waals surface area contributed by atoms with Crippen molar-refractivity contribution in [2.45, 2.75) is 27.2 Å². The normalized spacial score (nSPS) is 19.4. The minimum Gasteiger partial charge on any atom is -0.341 e. The summed E-state index contributed by atoms with van der Waals surface area (Å²) in [6, 6.07) is 0.0693. The van der Waals surface area contributed by atoms with Crippen molar-refractivity contribution in [3.05, 3.63) is 0 Å². The predicted octanol–water partition coefficient (Wildman–Crippen LogP) is 1.94. The average Bonchev–Trinajstić information content (AvgIpc) is 2.08. The molecular weight excluding hydrogens is 176 g/mol. The van der Waals surface area contributed by atoms with E-state index in [1.54, 1.807) is 7.05 Å². The summed E-state index contributed by atoms with van der Waals surface area (Å²) in [5.41, 5.74) is 0. The van der Waals surface area contributed by atoms with Gasteiger partial charge in [0.2, 0.25) is 0 Å². The minimum absolute atomic E-state index is 0.0693. The molecule has 0 aromatic heterocycles. The highest BCUT2D eigenvalue weighted by Gasteiger charge is 2.35. The van der Waals surface area contributed by atoms with E-state index in [2.05, 4.69) is 26.1 Å². The molecule has 1 saturated heterocycles. The SMILES string of the molecule is CCC(C(C)C)C1CN(C(=O)NC)C1. The standard InChI is InChI=1S/C11H22N2O/c1-5-10(8(2)3)9-6-13(7-9)11(14)12-4/h8-10H,5-7H2,1-4H3,(H,12,14). The van der Waals surface area contributed by atoms with Crippen molar-refractivity contribution in [2.24, 2.45) is 17.8 Å². The lowest BCUT2D eigenvalue weighted by molar-refractivity contribution is 0.0646. The second kappa shape index (κ2) is 4.67. The largest absolute Gasteiger partial charge is 0.341 e. The third-order valence-corrected chi connectivity index (χ3v) is 3.34. The van der Waals surface area contributed by atoms with Gasteiger partial charge in [0.1, 0.15) is 0 Å². The highest BCUT2D eigenvalue weighted by atomic mass is 16.2. The number of carbonyl (C=O) groups is 1. The number of nitrogens with one attached hydrogen (secondary N) is 1. The van der Waals surface area contributed by atoms with Crippen LogP contribution in [0.25, 0.3) is 0 Å². The molecule has 1 unspecified atom stereocenters. The van der Waals surface area contributed by atoms with Crippen LogP contribution in [0.15, 0.2) is 0 Å². The molecule has 1 rings (SSSR count). The Hall–Kier alpha value is -0.730. The molecule has 3 heteroatoms. The van der Waals surface area contributed by atoms with Gasteiger partial charge in [0.05, 0.1) is 0 Å². The Bertz CT molecular complexity index is 197. The molecule has 1 atom stereocenters. The van der Waals surface area contributed by atoms with E-state index >= 15 is 0 Å². The second-order valence-corrected chi connectivity index (χ2v) is 4.54. The molecular formula is C11H22N2O. The molecule has 1 aliphatic heterocycles. The molecule has 1 N–H and O–H groups in total. The van der Waals surface area contributed by atoms with Gasteiger partial charge >= 0.3 is 6.03 Å². The summed E-state index contributed by atoms with van der Waals surface area (Å²) in [5.74, 6) is 2.23. The molecule has 0 aliphatic carbocycles. The Morgan fingerprint density at radius 2 is 2.07 bits per heavy atom. The van der Waals surface area contributed by atoms with Crippen LogP contribution in [0.5, 0.6) is 0 Å². The Morgan fingerprint density at radius 3 is 2.43 bits per heavy atom. The molecule has 1 aliphatic rings. The van der Waals surface area contributed by atoms with Crippen LogP contribution < -0.4 is 5.32 Å². The summed E-state index contributed by atoms with van der Waals surface area (Å²) in [5, 5.41) is 2.66. The zero-order valence-corrected chi connectivity index (χ0v) is 9.71. The monoisotopic (exact) mass is 198 g/mol. The van der Waals surface area contributed by atoms with E-state index in [0.29, 0.717) is 0 Å². The van der Waals surface area contributed by atoms with Crippen molar-refractivity contribution >= 4 is 6.03 Å². The number of hydrogen-bond acceptors (Lipinski definition) is 1. The summed E-state index contributed by atoms with van der Waals surface area (Å²) in [4.78, 5) is 13.1. The zero-order chi connectivity index (χ0) is 10.7. The van der Waals surface area contributed by atoms with Gasteiger partial charge in [-0.2, -0.15) is 0 Å². The molecule has 0 radical (unpaired) electrons. The number of nitrogens with zero attached hydrogens (tertiary/aromatic N) is 1. The summed E-state index contributed by atoms with van der Waals surface area (Å²) < 4.78 is 0. The lowest BCUT2D eigenvalue weighted by Crippen LogP contribution is -2.55. The van der Waals surface area contributed by atoms with Crippen molar-refractivity contribution in [3.8, 4) is 0 Å². The lowest BCUT2D eigenvalue weighted by Gasteiger charge is -2.44. The molecule has 0 aromatic carbocycles. The number of carbonyl (C=O) groups excluding carboxylic acids is 1. The molecule has 0 saturated carbocycles. The van der Waals surface area contributed by atoms with E-state index < -0.39 is 0 Å². The van der Waals surface area contributed by atoms with Crippen LogP contribution in [0.1, 0.15) is 27.2 Å². The fourth-order valence-electron chi connectivity index (χ4n) is 2.46. The summed E-state index contributed by atoms with van der Waals surface area (Å²) in [6.07, 6.45) is 1.23. The van der Waals surface area contributed by atoms with E-state index in [1.165, 1.54) is 6.42 Å². The molecule has 1 heterocycles. The van der Waals surface area contributed by atoms with Gasteiger partial charge in [-0.05, 0) is 17.8 Å². The maximum absolute atomic E-state index is 11.2. The summed E-state index contributed by atoms with van der Waals surface area (Å²) >= 11 is 0. The number of urea groups is 1. The van der Waals surface area contributed by atoms with Gasteiger partial charge in [0.25, 0.3) is 0 Å². The fourth-order valence-corrected chi connectivity index (χ4v) is 2.46. The number of hydrogen-bond donors (Lipinski definition) is 1. The second-order valence-electron chi connectivity index (χ2n) is 4.54. The minimum atomic E-state index is 0.0693. The van der Waals surface area contributed by atoms with E-state index in [4.69, 9.17) is 0 Å². The molecule has 0 bridgehead atoms. The number of rotatable bonds is 3. The van der Waals surface area contributed by atoms with Crippen molar-refractivity contribution < 1.29 is 4.79 Å². The van der Waals surface area contributed by atoms with Gasteiger partial charge in [-0.1, -0.05) is 27.2 Å². The van der Waals surface area contributed by atoms with Gasteiger partial charge in [-0.3, -0.25) is 0 Å². The van der Waals surface area contributed by atoms with Crippen LogP contribution in [-0.2, 0) is 0 Å². The quantitative estimate of drug-likeness (QED) is 0.738. The van der Waals surface area contributed by atoms with E-state index in [-0.39, 0.29) is 6.03 Å². The van der Waals surface area contributed by atoms with Crippen LogP contribution in [0.4, 0.5) is 4.79 Å². The molecule has 0 spiro atoms. The molecule has 2 amide bonds. The lowest BCUT2D eigenvalue weighted by atomic mass is 9.77. The first kappa shape index (κ1) is 11.3. The smallest absolute Gasteiger partial charge is 0.317 e. The first-order valence-electron chi connectivity index (χ1n) is 5.56. The third kappa shape index (κ3) is 2.20. The van der Waals surface area contributed by atoms with Crippen LogP contribution >= 0.6 is 0 Å². The van der Waals surface area contributed by atoms with Crippen LogP contribution in [-0.4, -0.2) is 31.1 Å². The van der Waals surface area contributed by atoms with Gasteiger partial charge in [0.15, 0.2) is 0 Å². The Labute approximate surface area is 86.9 Å². The maximum atomic E-state index is 11.2. The van der Waals surface area contributed by atoms with E-state index in [9.17, 15) is 4.79 Å². The molecule has 14 heavy (non-hydrogen) atoms. The van der Waals surface area contributed by atoms with Crippen molar-refractivity contribution in [3.63, 3.8) is 0 Å². The van der Waals surface area contributed by atoms with Crippen LogP contribution in [0.3, 0.4) is 0 Å². The number of amides is 2. The first-order chi connectivity index (χ1) is 6.60. The van der Waals surface area contributed by atoms with Gasteiger partial charge < -0.3 is 10.2 Å². The predicted molar refractivity (Wildman–Crippen MR) is 58.1 cm³/mol. The summed E-state index contributed by atoms with van der Waals surface area (Å²) in [6.45, 7) is 8.67.